The summed E-state index contributed by atoms with van der Waals surface area (Å²) in [5.41, 5.74) is 4.04. The van der Waals surface area contributed by atoms with Gasteiger partial charge in [0.05, 0.1) is 0 Å². The van der Waals surface area contributed by atoms with Gasteiger partial charge in [0.25, 0.3) is 0 Å². The lowest BCUT2D eigenvalue weighted by Crippen LogP contribution is -2.37. The number of carbonyl (C=O) groups is 1. The number of hydrogen-bond acceptors (Lipinski definition) is 3. The minimum Gasteiger partial charge on any atom is -0.367 e. The van der Waals surface area contributed by atoms with Gasteiger partial charge in [-0.05, 0) is 70.8 Å². The lowest BCUT2D eigenvalue weighted by atomic mass is 9.79. The SMILES string of the molecule is CCN(CC)OC(=O)C1(C)C(C)=C(C)C(C)=C1C. The van der Waals surface area contributed by atoms with Crippen molar-refractivity contribution in [3.8, 4) is 0 Å². The van der Waals surface area contributed by atoms with Crippen LogP contribution in [-0.2, 0) is 9.63 Å². The van der Waals surface area contributed by atoms with Crippen molar-refractivity contribution in [2.24, 2.45) is 5.41 Å². The van der Waals surface area contributed by atoms with Gasteiger partial charge in [0.1, 0.15) is 5.41 Å². The van der Waals surface area contributed by atoms with Gasteiger partial charge in [0, 0.05) is 13.1 Å². The van der Waals surface area contributed by atoms with Crippen LogP contribution in [0.4, 0.5) is 0 Å². The molecule has 18 heavy (non-hydrogen) atoms. The molecule has 1 aliphatic carbocycles. The van der Waals surface area contributed by atoms with Gasteiger partial charge in [-0.2, -0.15) is 0 Å². The molecule has 1 rings (SSSR count). The second kappa shape index (κ2) is 5.27. The van der Waals surface area contributed by atoms with Crippen LogP contribution in [0.2, 0.25) is 0 Å². The Bertz CT molecular complexity index is 390. The van der Waals surface area contributed by atoms with Crippen molar-refractivity contribution in [3.63, 3.8) is 0 Å². The molecule has 0 atom stereocenters. The van der Waals surface area contributed by atoms with Crippen LogP contribution in [0, 0.1) is 5.41 Å². The predicted molar refractivity (Wildman–Crippen MR) is 73.9 cm³/mol. The number of rotatable bonds is 4. The van der Waals surface area contributed by atoms with E-state index in [1.54, 1.807) is 5.06 Å². The van der Waals surface area contributed by atoms with Crippen LogP contribution in [0.25, 0.3) is 0 Å². The van der Waals surface area contributed by atoms with Crippen LogP contribution in [-0.4, -0.2) is 24.1 Å². The van der Waals surface area contributed by atoms with Crippen LogP contribution in [0.1, 0.15) is 48.5 Å². The normalized spacial score (nSPS) is 18.9. The maximum Gasteiger partial charge on any atom is 0.338 e. The minimum absolute atomic E-state index is 0.169. The Morgan fingerprint density at radius 2 is 1.44 bits per heavy atom. The molecule has 0 aromatic heterocycles. The molecule has 0 N–H and O–H groups in total. The van der Waals surface area contributed by atoms with Crippen molar-refractivity contribution in [1.82, 2.24) is 5.06 Å². The van der Waals surface area contributed by atoms with Crippen molar-refractivity contribution in [2.75, 3.05) is 13.1 Å². The molecular weight excluding hydrogens is 226 g/mol. The molecule has 0 aromatic carbocycles. The van der Waals surface area contributed by atoms with E-state index in [-0.39, 0.29) is 5.97 Å². The lowest BCUT2D eigenvalue weighted by molar-refractivity contribution is -0.196. The molecule has 3 heteroatoms. The van der Waals surface area contributed by atoms with E-state index in [1.807, 2.05) is 34.6 Å². The topological polar surface area (TPSA) is 29.5 Å². The molecule has 0 heterocycles. The summed E-state index contributed by atoms with van der Waals surface area (Å²) in [5.74, 6) is -0.169. The van der Waals surface area contributed by atoms with E-state index in [0.717, 1.165) is 11.1 Å². The number of hydroxylamine groups is 2. The van der Waals surface area contributed by atoms with E-state index in [9.17, 15) is 4.79 Å². The summed E-state index contributed by atoms with van der Waals surface area (Å²) in [6.45, 7) is 15.5. The average molecular weight is 251 g/mol. The van der Waals surface area contributed by atoms with Gasteiger partial charge in [-0.25, -0.2) is 4.79 Å². The fourth-order valence-corrected chi connectivity index (χ4v) is 2.46. The summed E-state index contributed by atoms with van der Waals surface area (Å²) in [6, 6.07) is 0. The molecule has 0 spiro atoms. The minimum atomic E-state index is -0.600. The summed E-state index contributed by atoms with van der Waals surface area (Å²) in [7, 11) is 0. The summed E-state index contributed by atoms with van der Waals surface area (Å²) in [6.07, 6.45) is 0. The van der Waals surface area contributed by atoms with Crippen molar-refractivity contribution < 1.29 is 9.63 Å². The predicted octanol–water partition coefficient (Wildman–Crippen LogP) is 3.48. The lowest BCUT2D eigenvalue weighted by Gasteiger charge is -2.29. The van der Waals surface area contributed by atoms with Crippen molar-refractivity contribution in [2.45, 2.75) is 48.5 Å². The highest BCUT2D eigenvalue weighted by molar-refractivity contribution is 5.86. The van der Waals surface area contributed by atoms with Crippen LogP contribution in [0.3, 0.4) is 0 Å². The molecule has 3 nitrogen and oxygen atoms in total. The summed E-state index contributed by atoms with van der Waals surface area (Å²) < 4.78 is 0. The first-order chi connectivity index (χ1) is 8.30. The Labute approximate surface area is 110 Å². The molecule has 0 unspecified atom stereocenters. The zero-order valence-corrected chi connectivity index (χ0v) is 12.7. The number of hydrogen-bond donors (Lipinski definition) is 0. The largest absolute Gasteiger partial charge is 0.367 e. The Morgan fingerprint density at radius 1 is 1.06 bits per heavy atom. The molecule has 0 amide bonds. The Morgan fingerprint density at radius 3 is 1.78 bits per heavy atom. The van der Waals surface area contributed by atoms with Crippen molar-refractivity contribution >= 4 is 5.97 Å². The first-order valence-corrected chi connectivity index (χ1v) is 6.64. The smallest absolute Gasteiger partial charge is 0.338 e. The molecule has 102 valence electrons. The zero-order valence-electron chi connectivity index (χ0n) is 12.7. The van der Waals surface area contributed by atoms with Gasteiger partial charge in [0.2, 0.25) is 0 Å². The maximum absolute atomic E-state index is 12.5. The fourth-order valence-electron chi connectivity index (χ4n) is 2.46. The second-order valence-corrected chi connectivity index (χ2v) is 5.12. The first-order valence-electron chi connectivity index (χ1n) is 6.64. The van der Waals surface area contributed by atoms with Gasteiger partial charge in [0.15, 0.2) is 0 Å². The van der Waals surface area contributed by atoms with Crippen LogP contribution >= 0.6 is 0 Å². The highest BCUT2D eigenvalue weighted by Crippen LogP contribution is 2.47. The Kier molecular flexibility index (Phi) is 4.38. The Hall–Kier alpha value is -1.09. The van der Waals surface area contributed by atoms with Gasteiger partial charge in [-0.3, -0.25) is 0 Å². The van der Waals surface area contributed by atoms with E-state index >= 15 is 0 Å². The molecule has 0 fully saturated rings. The summed E-state index contributed by atoms with van der Waals surface area (Å²) >= 11 is 0. The number of allylic oxidation sites excluding steroid dienone is 2. The summed E-state index contributed by atoms with van der Waals surface area (Å²) in [5, 5.41) is 1.69. The third kappa shape index (κ3) is 2.12. The molecule has 0 radical (unpaired) electrons. The van der Waals surface area contributed by atoms with E-state index in [1.165, 1.54) is 11.1 Å². The Balaban J connectivity index is 3.05. The highest BCUT2D eigenvalue weighted by atomic mass is 16.7. The monoisotopic (exact) mass is 251 g/mol. The zero-order chi connectivity index (χ0) is 14.1. The fraction of sp³-hybridized carbons (Fsp3) is 0.667. The number of carbonyl (C=O) groups excluding carboxylic acids is 1. The molecule has 0 bridgehead atoms. The van der Waals surface area contributed by atoms with Gasteiger partial charge in [-0.1, -0.05) is 0 Å². The average Bonchev–Trinajstić information content (AvgIpc) is 2.52. The van der Waals surface area contributed by atoms with E-state index in [2.05, 4.69) is 13.8 Å². The molecular formula is C15H25NO2. The quantitative estimate of drug-likeness (QED) is 0.716. The molecule has 0 aliphatic heterocycles. The standard InChI is InChI=1S/C15H25NO2/c1-8-16(9-2)18-14(17)15(7)12(5)10(3)11(4)13(15)6/h8-9H2,1-7H3. The van der Waals surface area contributed by atoms with Gasteiger partial charge >= 0.3 is 5.97 Å². The van der Waals surface area contributed by atoms with Crippen LogP contribution < -0.4 is 0 Å². The van der Waals surface area contributed by atoms with E-state index in [0.29, 0.717) is 13.1 Å². The third-order valence-electron chi connectivity index (χ3n) is 4.51. The summed E-state index contributed by atoms with van der Waals surface area (Å²) in [4.78, 5) is 18.0. The molecule has 1 aliphatic rings. The van der Waals surface area contributed by atoms with Crippen LogP contribution in [0.15, 0.2) is 22.3 Å². The number of nitrogens with zero attached hydrogens (tertiary/aromatic N) is 1. The first kappa shape index (κ1) is 15.0. The van der Waals surface area contributed by atoms with E-state index < -0.39 is 5.41 Å². The van der Waals surface area contributed by atoms with Crippen molar-refractivity contribution in [1.29, 1.82) is 0 Å². The maximum atomic E-state index is 12.5. The van der Waals surface area contributed by atoms with E-state index in [4.69, 9.17) is 4.84 Å². The molecule has 0 saturated carbocycles. The molecule has 0 saturated heterocycles. The van der Waals surface area contributed by atoms with Crippen molar-refractivity contribution in [3.05, 3.63) is 22.3 Å². The third-order valence-corrected chi connectivity index (χ3v) is 4.51. The molecule has 0 aromatic rings. The van der Waals surface area contributed by atoms with Crippen LogP contribution in [0.5, 0.6) is 0 Å². The van der Waals surface area contributed by atoms with Gasteiger partial charge in [-0.15, -0.1) is 5.06 Å². The highest BCUT2D eigenvalue weighted by Gasteiger charge is 2.44. The second-order valence-electron chi connectivity index (χ2n) is 5.12. The van der Waals surface area contributed by atoms with Gasteiger partial charge < -0.3 is 4.84 Å².